The Balaban J connectivity index is 1.36. The van der Waals surface area contributed by atoms with Crippen molar-refractivity contribution in [1.82, 2.24) is 15.1 Å². The molecule has 0 aliphatic carbocycles. The van der Waals surface area contributed by atoms with E-state index >= 15 is 0 Å². The normalized spacial score (nSPS) is 35.6. The molecule has 0 bridgehead atoms. The number of carbonyl (C=O) groups excluding carboxylic acids is 2. The lowest BCUT2D eigenvalue weighted by atomic mass is 9.79. The molecule has 33 heavy (non-hydrogen) atoms. The number of carboxylic acids is 1. The molecular formula is C22H34N4O6S. The van der Waals surface area contributed by atoms with Crippen LogP contribution in [0.1, 0.15) is 33.1 Å². The lowest BCUT2D eigenvalue weighted by molar-refractivity contribution is -0.163. The van der Waals surface area contributed by atoms with E-state index in [-0.39, 0.29) is 47.2 Å². The second-order valence-corrected chi connectivity index (χ2v) is 11.1. The molecule has 0 aromatic carbocycles. The van der Waals surface area contributed by atoms with Crippen molar-refractivity contribution in [3.63, 3.8) is 0 Å². The number of aliphatic hydroxyl groups is 2. The van der Waals surface area contributed by atoms with Gasteiger partial charge in [0.15, 0.2) is 0 Å². The number of hydrogen-bond acceptors (Lipinski definition) is 8. The number of hydrogen-bond donors (Lipinski definition) is 5. The summed E-state index contributed by atoms with van der Waals surface area (Å²) in [5.74, 6) is -1.99. The van der Waals surface area contributed by atoms with Crippen LogP contribution >= 0.6 is 11.8 Å². The maximum Gasteiger partial charge on any atom is 0.353 e. The molecular weight excluding hydrogens is 448 g/mol. The predicted octanol–water partition coefficient (Wildman–Crippen LogP) is -0.838. The molecule has 4 aliphatic rings. The number of nitrogens with two attached hydrogens (primary N) is 1. The number of nitrogens with one attached hydrogen (secondary N) is 1. The lowest BCUT2D eigenvalue weighted by Gasteiger charge is -2.46. The summed E-state index contributed by atoms with van der Waals surface area (Å²) in [4.78, 5) is 40.8. The summed E-state index contributed by atoms with van der Waals surface area (Å²) in [6.45, 7) is 5.91. The first-order valence-electron chi connectivity index (χ1n) is 11.7. The Bertz CT molecular complexity index is 851. The minimum atomic E-state index is -1.14. The Hall–Kier alpha value is -1.66. The first-order chi connectivity index (χ1) is 15.6. The van der Waals surface area contributed by atoms with E-state index in [1.54, 1.807) is 11.8 Å². The van der Waals surface area contributed by atoms with E-state index in [2.05, 4.69) is 5.32 Å². The Kier molecular flexibility index (Phi) is 7.07. The molecule has 0 spiro atoms. The molecule has 3 fully saturated rings. The molecule has 4 rings (SSSR count). The van der Waals surface area contributed by atoms with Crippen molar-refractivity contribution in [2.45, 2.75) is 62.7 Å². The van der Waals surface area contributed by atoms with Crippen molar-refractivity contribution < 1.29 is 29.7 Å². The fraction of sp³-hybridized carbons (Fsp3) is 0.773. The van der Waals surface area contributed by atoms with Crippen LogP contribution in [0.3, 0.4) is 0 Å². The number of rotatable bonds is 8. The maximum absolute atomic E-state index is 12.6. The first-order valence-corrected chi connectivity index (χ1v) is 12.6. The van der Waals surface area contributed by atoms with Crippen LogP contribution in [0.4, 0.5) is 0 Å². The fourth-order valence-electron chi connectivity index (χ4n) is 5.68. The van der Waals surface area contributed by atoms with Crippen molar-refractivity contribution in [2.24, 2.45) is 23.5 Å². The third kappa shape index (κ3) is 4.41. The molecule has 4 heterocycles. The summed E-state index contributed by atoms with van der Waals surface area (Å²) in [6.07, 6.45) is -0.121. The monoisotopic (exact) mass is 482 g/mol. The summed E-state index contributed by atoms with van der Waals surface area (Å²) in [7, 11) is 0. The number of carbonyl (C=O) groups is 3. The largest absolute Gasteiger partial charge is 0.477 e. The van der Waals surface area contributed by atoms with Gasteiger partial charge in [0.2, 0.25) is 11.8 Å². The highest BCUT2D eigenvalue weighted by Crippen LogP contribution is 2.51. The van der Waals surface area contributed by atoms with E-state index in [1.165, 1.54) is 16.7 Å². The lowest BCUT2D eigenvalue weighted by Crippen LogP contribution is -2.63. The van der Waals surface area contributed by atoms with Crippen LogP contribution in [-0.4, -0.2) is 98.6 Å². The van der Waals surface area contributed by atoms with E-state index in [9.17, 15) is 29.7 Å². The van der Waals surface area contributed by atoms with Gasteiger partial charge in [0.1, 0.15) is 5.70 Å². The summed E-state index contributed by atoms with van der Waals surface area (Å²) < 4.78 is 0. The van der Waals surface area contributed by atoms with Gasteiger partial charge in [-0.2, -0.15) is 0 Å². The average Bonchev–Trinajstić information content (AvgIpc) is 3.46. The number of aliphatic hydroxyl groups excluding tert-OH is 2. The zero-order valence-corrected chi connectivity index (χ0v) is 19.8. The number of β-lactam (4-membered cyclic amide) rings is 1. The second-order valence-electron chi connectivity index (χ2n) is 9.76. The van der Waals surface area contributed by atoms with E-state index in [0.717, 1.165) is 6.42 Å². The Morgan fingerprint density at radius 2 is 2.06 bits per heavy atom. The molecule has 10 nitrogen and oxygen atoms in total. The van der Waals surface area contributed by atoms with Crippen molar-refractivity contribution in [3.05, 3.63) is 10.6 Å². The number of amides is 2. The average molecular weight is 483 g/mol. The highest BCUT2D eigenvalue weighted by atomic mass is 32.2. The highest BCUT2D eigenvalue weighted by Gasteiger charge is 2.60. The van der Waals surface area contributed by atoms with Gasteiger partial charge >= 0.3 is 5.97 Å². The summed E-state index contributed by atoms with van der Waals surface area (Å²) in [6, 6.07) is -0.592. The van der Waals surface area contributed by atoms with Gasteiger partial charge < -0.3 is 36.2 Å². The van der Waals surface area contributed by atoms with Gasteiger partial charge in [-0.3, -0.25) is 9.59 Å². The molecule has 0 aromatic rings. The first kappa shape index (κ1) is 24.5. The Morgan fingerprint density at radius 3 is 2.67 bits per heavy atom. The SMILES string of the molecule is C[C@@H](O)[C@H]1C(=O)N2C(C(=O)O)=C(S[C@@H]3CN[C@H](C(O)CC(=O)N4CC[C@H](CN)C4)C3)[C@H](C)[C@H]12. The van der Waals surface area contributed by atoms with Crippen molar-refractivity contribution in [1.29, 1.82) is 0 Å². The summed E-state index contributed by atoms with van der Waals surface area (Å²) >= 11 is 1.43. The van der Waals surface area contributed by atoms with Gasteiger partial charge in [-0.25, -0.2) is 4.79 Å². The zero-order chi connectivity index (χ0) is 24.0. The molecule has 11 heteroatoms. The molecule has 184 valence electrons. The van der Waals surface area contributed by atoms with Crippen LogP contribution in [0.5, 0.6) is 0 Å². The maximum atomic E-state index is 12.6. The topological polar surface area (TPSA) is 156 Å². The molecule has 4 aliphatic heterocycles. The van der Waals surface area contributed by atoms with Crippen LogP contribution in [0, 0.1) is 17.8 Å². The number of likely N-dealkylation sites (tertiary alicyclic amines) is 1. The number of thioether (sulfide) groups is 1. The van der Waals surface area contributed by atoms with Gasteiger partial charge in [0.25, 0.3) is 0 Å². The summed E-state index contributed by atoms with van der Waals surface area (Å²) in [5.41, 5.74) is 5.71. The molecule has 2 amide bonds. The highest BCUT2D eigenvalue weighted by molar-refractivity contribution is 8.03. The molecule has 0 aromatic heterocycles. The van der Waals surface area contributed by atoms with Crippen LogP contribution in [0.25, 0.3) is 0 Å². The van der Waals surface area contributed by atoms with E-state index in [4.69, 9.17) is 5.73 Å². The van der Waals surface area contributed by atoms with Crippen LogP contribution in [0.2, 0.25) is 0 Å². The van der Waals surface area contributed by atoms with E-state index in [1.807, 2.05) is 6.92 Å². The summed E-state index contributed by atoms with van der Waals surface area (Å²) in [5, 5.41) is 33.7. The Morgan fingerprint density at radius 1 is 1.33 bits per heavy atom. The molecule has 1 unspecified atom stereocenters. The van der Waals surface area contributed by atoms with Gasteiger partial charge in [-0.15, -0.1) is 11.8 Å². The van der Waals surface area contributed by atoms with Crippen molar-refractivity contribution in [3.8, 4) is 0 Å². The van der Waals surface area contributed by atoms with Crippen LogP contribution in [0.15, 0.2) is 10.6 Å². The molecule has 6 N–H and O–H groups in total. The number of nitrogens with zero attached hydrogens (tertiary/aromatic N) is 2. The molecule has 3 saturated heterocycles. The van der Waals surface area contributed by atoms with Gasteiger partial charge in [0, 0.05) is 41.7 Å². The third-order valence-electron chi connectivity index (χ3n) is 7.55. The molecule has 0 radical (unpaired) electrons. The third-order valence-corrected chi connectivity index (χ3v) is 9.06. The van der Waals surface area contributed by atoms with Crippen molar-refractivity contribution in [2.75, 3.05) is 26.2 Å². The quantitative estimate of drug-likeness (QED) is 0.278. The second kappa shape index (κ2) is 9.53. The molecule has 8 atom stereocenters. The van der Waals surface area contributed by atoms with E-state index in [0.29, 0.717) is 43.4 Å². The van der Waals surface area contributed by atoms with E-state index < -0.39 is 24.1 Å². The minimum Gasteiger partial charge on any atom is -0.477 e. The smallest absolute Gasteiger partial charge is 0.353 e. The van der Waals surface area contributed by atoms with Crippen LogP contribution < -0.4 is 11.1 Å². The van der Waals surface area contributed by atoms with Gasteiger partial charge in [-0.1, -0.05) is 6.92 Å². The standard InChI is InChI=1S/C22H34N4O6S/c1-10-18-17(11(2)27)21(30)26(18)19(22(31)32)20(10)33-13-5-14(24-8-13)15(28)6-16(29)25-4-3-12(7-23)9-25/h10-15,17-18,24,27-28H,3-9,23H2,1-2H3,(H,31,32)/t10-,11-,12-,13+,14+,15?,17-,18-/m1/s1. The number of carboxylic acid groups (broad SMARTS) is 1. The van der Waals surface area contributed by atoms with Crippen molar-refractivity contribution >= 4 is 29.5 Å². The number of aliphatic carboxylic acids is 1. The zero-order valence-electron chi connectivity index (χ0n) is 19.0. The predicted molar refractivity (Wildman–Crippen MR) is 122 cm³/mol. The number of fused-ring (bicyclic) bond motifs is 1. The van der Waals surface area contributed by atoms with Crippen LogP contribution in [-0.2, 0) is 14.4 Å². The molecule has 0 saturated carbocycles. The van der Waals surface area contributed by atoms with Gasteiger partial charge in [-0.05, 0) is 32.2 Å². The minimum absolute atomic E-state index is 0.0127. The Labute approximate surface area is 197 Å². The fourth-order valence-corrected chi connectivity index (χ4v) is 7.17. The van der Waals surface area contributed by atoms with Gasteiger partial charge in [0.05, 0.1) is 30.6 Å².